The molecule has 3 aromatic rings. The number of rotatable bonds is 5. The normalized spacial score (nSPS) is 12.3. The zero-order chi connectivity index (χ0) is 19.3. The van der Waals surface area contributed by atoms with Gasteiger partial charge in [-0.2, -0.15) is 0 Å². The molecule has 1 aliphatic rings. The number of hydrogen-bond donors (Lipinski definition) is 2. The van der Waals surface area contributed by atoms with Gasteiger partial charge in [-0.05, 0) is 30.2 Å². The average molecular weight is 376 g/mol. The Bertz CT molecular complexity index is 1010. The summed E-state index contributed by atoms with van der Waals surface area (Å²) in [4.78, 5) is 20.9. The minimum absolute atomic E-state index is 0.279. The highest BCUT2D eigenvalue weighted by atomic mass is 16.6. The van der Waals surface area contributed by atoms with Gasteiger partial charge in [0, 0.05) is 23.5 Å². The molecule has 7 nitrogen and oxygen atoms in total. The van der Waals surface area contributed by atoms with E-state index in [0.717, 1.165) is 23.4 Å². The molecule has 142 valence electrons. The smallest absolute Gasteiger partial charge is 0.274 e. The van der Waals surface area contributed by atoms with Crippen molar-refractivity contribution in [1.82, 2.24) is 9.97 Å². The highest BCUT2D eigenvalue weighted by Crippen LogP contribution is 2.33. The first-order valence-corrected chi connectivity index (χ1v) is 9.11. The van der Waals surface area contributed by atoms with Crippen LogP contribution in [0.15, 0.2) is 54.9 Å². The lowest BCUT2D eigenvalue weighted by atomic mass is 10.1. The van der Waals surface area contributed by atoms with Crippen LogP contribution in [-0.4, -0.2) is 29.1 Å². The van der Waals surface area contributed by atoms with E-state index in [4.69, 9.17) is 9.47 Å². The Labute approximate surface area is 162 Å². The summed E-state index contributed by atoms with van der Waals surface area (Å²) >= 11 is 0. The largest absolute Gasteiger partial charge is 0.486 e. The minimum Gasteiger partial charge on any atom is -0.486 e. The first-order chi connectivity index (χ1) is 13.7. The van der Waals surface area contributed by atoms with E-state index in [1.165, 1.54) is 6.33 Å². The molecule has 4 rings (SSSR count). The van der Waals surface area contributed by atoms with E-state index in [2.05, 4.69) is 20.6 Å². The Balaban J connectivity index is 1.50. The zero-order valence-electron chi connectivity index (χ0n) is 15.4. The van der Waals surface area contributed by atoms with E-state index in [-0.39, 0.29) is 11.6 Å². The van der Waals surface area contributed by atoms with Gasteiger partial charge in [-0.25, -0.2) is 9.97 Å². The summed E-state index contributed by atoms with van der Waals surface area (Å²) in [6, 6.07) is 14.9. The van der Waals surface area contributed by atoms with E-state index in [1.807, 2.05) is 49.4 Å². The fraction of sp³-hybridized carbons (Fsp3) is 0.190. The monoisotopic (exact) mass is 376 g/mol. The number of aromatic nitrogens is 2. The van der Waals surface area contributed by atoms with Gasteiger partial charge in [0.1, 0.15) is 31.1 Å². The summed E-state index contributed by atoms with van der Waals surface area (Å²) in [7, 11) is 0. The van der Waals surface area contributed by atoms with Crippen LogP contribution in [0.1, 0.15) is 23.0 Å². The van der Waals surface area contributed by atoms with Crippen LogP contribution >= 0.6 is 0 Å². The third kappa shape index (κ3) is 3.88. The molecule has 1 amide bonds. The maximum Gasteiger partial charge on any atom is 0.274 e. The zero-order valence-corrected chi connectivity index (χ0v) is 15.4. The maximum atomic E-state index is 12.6. The van der Waals surface area contributed by atoms with Gasteiger partial charge in [-0.15, -0.1) is 0 Å². The summed E-state index contributed by atoms with van der Waals surface area (Å²) in [5.41, 5.74) is 2.92. The number of amides is 1. The van der Waals surface area contributed by atoms with Crippen LogP contribution in [0.2, 0.25) is 0 Å². The van der Waals surface area contributed by atoms with Crippen molar-refractivity contribution in [3.8, 4) is 11.5 Å². The molecule has 0 radical (unpaired) electrons. The lowest BCUT2D eigenvalue weighted by Gasteiger charge is -2.19. The summed E-state index contributed by atoms with van der Waals surface area (Å²) in [6.07, 6.45) is 2.19. The van der Waals surface area contributed by atoms with Crippen LogP contribution in [0.5, 0.6) is 11.5 Å². The van der Waals surface area contributed by atoms with E-state index < -0.39 is 0 Å². The molecule has 1 aromatic heterocycles. The van der Waals surface area contributed by atoms with Crippen LogP contribution < -0.4 is 20.1 Å². The number of nitrogens with one attached hydrogen (secondary N) is 2. The molecule has 2 aromatic carbocycles. The molecule has 2 N–H and O–H groups in total. The minimum atomic E-state index is -0.284. The quantitative estimate of drug-likeness (QED) is 0.704. The predicted octanol–water partition coefficient (Wildman–Crippen LogP) is 3.81. The first kappa shape index (κ1) is 17.8. The van der Waals surface area contributed by atoms with E-state index in [0.29, 0.717) is 30.5 Å². The number of carbonyl (C=O) groups is 1. The molecule has 0 saturated heterocycles. The SMILES string of the molecule is CCc1ccccc1NC(=O)c1cc(Nc2ccc3c(c2)OCCO3)ncn1. The summed E-state index contributed by atoms with van der Waals surface area (Å²) in [5, 5.41) is 6.09. The van der Waals surface area contributed by atoms with Crippen LogP contribution in [0.4, 0.5) is 17.2 Å². The standard InChI is InChI=1S/C21H20N4O3/c1-2-14-5-3-4-6-16(14)25-21(26)17-12-20(23-13-22-17)24-15-7-8-18-19(11-15)28-10-9-27-18/h3-8,11-13H,2,9-10H2,1H3,(H,25,26)(H,22,23,24). The van der Waals surface area contributed by atoms with Crippen molar-refractivity contribution >= 4 is 23.1 Å². The van der Waals surface area contributed by atoms with Gasteiger partial charge < -0.3 is 20.1 Å². The maximum absolute atomic E-state index is 12.6. The number of fused-ring (bicyclic) bond motifs is 1. The van der Waals surface area contributed by atoms with Crippen molar-refractivity contribution in [1.29, 1.82) is 0 Å². The number of carbonyl (C=O) groups excluding carboxylic acids is 1. The number of anilines is 3. The lowest BCUT2D eigenvalue weighted by molar-refractivity contribution is 0.102. The Kier molecular flexibility index (Phi) is 5.05. The second kappa shape index (κ2) is 7.96. The number of para-hydroxylation sites is 1. The molecular formula is C21H20N4O3. The van der Waals surface area contributed by atoms with Gasteiger partial charge in [0.25, 0.3) is 5.91 Å². The van der Waals surface area contributed by atoms with Crippen molar-refractivity contribution in [3.63, 3.8) is 0 Å². The fourth-order valence-corrected chi connectivity index (χ4v) is 2.96. The Morgan fingerprint density at radius 2 is 1.86 bits per heavy atom. The average Bonchev–Trinajstić information content (AvgIpc) is 2.74. The molecule has 1 aliphatic heterocycles. The van der Waals surface area contributed by atoms with Gasteiger partial charge in [0.2, 0.25) is 0 Å². The molecule has 0 bridgehead atoms. The molecule has 0 aliphatic carbocycles. The molecule has 2 heterocycles. The third-order valence-electron chi connectivity index (χ3n) is 4.36. The van der Waals surface area contributed by atoms with Gasteiger partial charge in [0.15, 0.2) is 11.5 Å². The van der Waals surface area contributed by atoms with Crippen molar-refractivity contribution in [2.45, 2.75) is 13.3 Å². The van der Waals surface area contributed by atoms with E-state index >= 15 is 0 Å². The summed E-state index contributed by atoms with van der Waals surface area (Å²) in [5.74, 6) is 1.63. The molecule has 7 heteroatoms. The number of nitrogens with zero attached hydrogens (tertiary/aromatic N) is 2. The molecule has 0 saturated carbocycles. The van der Waals surface area contributed by atoms with Crippen molar-refractivity contribution in [3.05, 3.63) is 66.1 Å². The first-order valence-electron chi connectivity index (χ1n) is 9.11. The van der Waals surface area contributed by atoms with Crippen LogP contribution in [0.3, 0.4) is 0 Å². The van der Waals surface area contributed by atoms with Crippen molar-refractivity contribution in [2.75, 3.05) is 23.8 Å². The fourth-order valence-electron chi connectivity index (χ4n) is 2.96. The van der Waals surface area contributed by atoms with E-state index in [1.54, 1.807) is 6.07 Å². The topological polar surface area (TPSA) is 85.4 Å². The number of aryl methyl sites for hydroxylation is 1. The highest BCUT2D eigenvalue weighted by Gasteiger charge is 2.14. The summed E-state index contributed by atoms with van der Waals surface area (Å²) < 4.78 is 11.1. The second-order valence-electron chi connectivity index (χ2n) is 6.24. The van der Waals surface area contributed by atoms with Crippen molar-refractivity contribution < 1.29 is 14.3 Å². The van der Waals surface area contributed by atoms with Crippen molar-refractivity contribution in [2.24, 2.45) is 0 Å². The Morgan fingerprint density at radius 3 is 2.71 bits per heavy atom. The predicted molar refractivity (Wildman–Crippen MR) is 107 cm³/mol. The number of benzene rings is 2. The van der Waals surface area contributed by atoms with Gasteiger partial charge in [-0.3, -0.25) is 4.79 Å². The van der Waals surface area contributed by atoms with Crippen LogP contribution in [0.25, 0.3) is 0 Å². The lowest BCUT2D eigenvalue weighted by Crippen LogP contribution is -2.16. The molecule has 0 atom stereocenters. The Morgan fingerprint density at radius 1 is 1.04 bits per heavy atom. The van der Waals surface area contributed by atoms with Crippen LogP contribution in [-0.2, 0) is 6.42 Å². The second-order valence-corrected chi connectivity index (χ2v) is 6.24. The third-order valence-corrected chi connectivity index (χ3v) is 4.36. The Hall–Kier alpha value is -3.61. The number of ether oxygens (including phenoxy) is 2. The molecule has 28 heavy (non-hydrogen) atoms. The number of hydrogen-bond acceptors (Lipinski definition) is 6. The van der Waals surface area contributed by atoms with Gasteiger partial charge >= 0.3 is 0 Å². The van der Waals surface area contributed by atoms with Crippen LogP contribution in [0, 0.1) is 0 Å². The molecule has 0 unspecified atom stereocenters. The van der Waals surface area contributed by atoms with Gasteiger partial charge in [0.05, 0.1) is 0 Å². The molecular weight excluding hydrogens is 356 g/mol. The highest BCUT2D eigenvalue weighted by molar-refractivity contribution is 6.03. The molecule has 0 fully saturated rings. The molecule has 0 spiro atoms. The summed E-state index contributed by atoms with van der Waals surface area (Å²) in [6.45, 7) is 3.11. The van der Waals surface area contributed by atoms with E-state index in [9.17, 15) is 4.79 Å². The van der Waals surface area contributed by atoms with Gasteiger partial charge in [-0.1, -0.05) is 25.1 Å².